The van der Waals surface area contributed by atoms with Gasteiger partial charge in [0.15, 0.2) is 0 Å². The Morgan fingerprint density at radius 2 is 2.05 bits per heavy atom. The Bertz CT molecular complexity index is 592. The van der Waals surface area contributed by atoms with Gasteiger partial charge in [-0.1, -0.05) is 13.3 Å². The summed E-state index contributed by atoms with van der Waals surface area (Å²) in [6.45, 7) is 4.58. The van der Waals surface area contributed by atoms with Gasteiger partial charge in [-0.15, -0.1) is 11.3 Å². The Balaban J connectivity index is 2.16. The molecule has 0 spiro atoms. The molecule has 5 heteroatoms. The van der Waals surface area contributed by atoms with Crippen molar-refractivity contribution in [3.63, 3.8) is 0 Å². The fourth-order valence-corrected chi connectivity index (χ4v) is 2.77. The van der Waals surface area contributed by atoms with Crippen molar-refractivity contribution in [2.45, 2.75) is 26.7 Å². The maximum Gasteiger partial charge on any atom is 0.263 e. The standard InChI is InChI=1S/C15H17FN2OS/c1-3-4-9-17-14(19)13-10(2)18-15(20-13)11-5-7-12(16)8-6-11/h5-8H,3-4,9H2,1-2H3,(H,17,19). The van der Waals surface area contributed by atoms with Crippen LogP contribution in [0.1, 0.15) is 35.1 Å². The average molecular weight is 292 g/mol. The predicted octanol–water partition coefficient (Wildman–Crippen LogP) is 3.79. The summed E-state index contributed by atoms with van der Waals surface area (Å²) < 4.78 is 12.9. The van der Waals surface area contributed by atoms with Crippen LogP contribution in [0.3, 0.4) is 0 Å². The molecule has 0 saturated heterocycles. The quantitative estimate of drug-likeness (QED) is 0.852. The number of aryl methyl sites for hydroxylation is 1. The lowest BCUT2D eigenvalue weighted by Crippen LogP contribution is -2.24. The molecule has 2 rings (SSSR count). The Morgan fingerprint density at radius 3 is 2.70 bits per heavy atom. The third kappa shape index (κ3) is 3.42. The number of carbonyl (C=O) groups excluding carboxylic acids is 1. The minimum absolute atomic E-state index is 0.0817. The highest BCUT2D eigenvalue weighted by molar-refractivity contribution is 7.17. The van der Waals surface area contributed by atoms with E-state index in [2.05, 4.69) is 17.2 Å². The lowest BCUT2D eigenvalue weighted by molar-refractivity contribution is 0.0956. The fourth-order valence-electron chi connectivity index (χ4n) is 1.78. The van der Waals surface area contributed by atoms with E-state index >= 15 is 0 Å². The number of nitrogens with zero attached hydrogens (tertiary/aromatic N) is 1. The Morgan fingerprint density at radius 1 is 1.35 bits per heavy atom. The smallest absolute Gasteiger partial charge is 0.263 e. The monoisotopic (exact) mass is 292 g/mol. The highest BCUT2D eigenvalue weighted by Gasteiger charge is 2.15. The molecular weight excluding hydrogens is 275 g/mol. The molecule has 0 saturated carbocycles. The number of hydrogen-bond donors (Lipinski definition) is 1. The van der Waals surface area contributed by atoms with Gasteiger partial charge < -0.3 is 5.32 Å². The van der Waals surface area contributed by atoms with Crippen molar-refractivity contribution in [2.75, 3.05) is 6.54 Å². The lowest BCUT2D eigenvalue weighted by Gasteiger charge is -2.01. The van der Waals surface area contributed by atoms with Crippen molar-refractivity contribution >= 4 is 17.2 Å². The van der Waals surface area contributed by atoms with Crippen molar-refractivity contribution < 1.29 is 9.18 Å². The van der Waals surface area contributed by atoms with Crippen LogP contribution in [-0.2, 0) is 0 Å². The third-order valence-corrected chi connectivity index (χ3v) is 4.12. The minimum atomic E-state index is -0.278. The molecule has 0 radical (unpaired) electrons. The van der Waals surface area contributed by atoms with E-state index in [4.69, 9.17) is 0 Å². The van der Waals surface area contributed by atoms with E-state index < -0.39 is 0 Å². The average Bonchev–Trinajstić information content (AvgIpc) is 2.82. The Kier molecular flexibility index (Phi) is 4.84. The van der Waals surface area contributed by atoms with Gasteiger partial charge in [0.1, 0.15) is 15.7 Å². The van der Waals surface area contributed by atoms with E-state index in [-0.39, 0.29) is 11.7 Å². The molecule has 0 fully saturated rings. The molecule has 0 atom stereocenters. The summed E-state index contributed by atoms with van der Waals surface area (Å²) in [4.78, 5) is 17.1. The number of hydrogen-bond acceptors (Lipinski definition) is 3. The number of unbranched alkanes of at least 4 members (excludes halogenated alkanes) is 1. The van der Waals surface area contributed by atoms with E-state index in [1.165, 1.54) is 23.5 Å². The number of rotatable bonds is 5. The number of benzene rings is 1. The van der Waals surface area contributed by atoms with Crippen LogP contribution in [0.4, 0.5) is 4.39 Å². The van der Waals surface area contributed by atoms with Crippen LogP contribution in [0.5, 0.6) is 0 Å². The van der Waals surface area contributed by atoms with E-state index in [9.17, 15) is 9.18 Å². The maximum absolute atomic E-state index is 12.9. The van der Waals surface area contributed by atoms with Gasteiger partial charge in [-0.25, -0.2) is 9.37 Å². The van der Waals surface area contributed by atoms with E-state index in [1.54, 1.807) is 12.1 Å². The lowest BCUT2D eigenvalue weighted by atomic mass is 10.2. The maximum atomic E-state index is 12.9. The molecule has 0 aliphatic heterocycles. The Labute approximate surface area is 121 Å². The summed E-state index contributed by atoms with van der Waals surface area (Å²) in [6, 6.07) is 6.14. The first-order chi connectivity index (χ1) is 9.61. The van der Waals surface area contributed by atoms with Crippen LogP contribution in [0.2, 0.25) is 0 Å². The highest BCUT2D eigenvalue weighted by Crippen LogP contribution is 2.27. The molecule has 0 aliphatic carbocycles. The topological polar surface area (TPSA) is 42.0 Å². The summed E-state index contributed by atoms with van der Waals surface area (Å²) in [5, 5.41) is 3.63. The zero-order valence-corrected chi connectivity index (χ0v) is 12.4. The van der Waals surface area contributed by atoms with Gasteiger partial charge in [-0.3, -0.25) is 4.79 Å². The van der Waals surface area contributed by atoms with Crippen molar-refractivity contribution in [3.05, 3.63) is 40.7 Å². The van der Waals surface area contributed by atoms with Gasteiger partial charge in [-0.05, 0) is 37.6 Å². The number of aromatic nitrogens is 1. The molecule has 1 aromatic carbocycles. The first-order valence-corrected chi connectivity index (χ1v) is 7.45. The van der Waals surface area contributed by atoms with Crippen LogP contribution in [-0.4, -0.2) is 17.4 Å². The summed E-state index contributed by atoms with van der Waals surface area (Å²) in [6.07, 6.45) is 2.01. The van der Waals surface area contributed by atoms with E-state index in [0.29, 0.717) is 17.1 Å². The van der Waals surface area contributed by atoms with Gasteiger partial charge >= 0.3 is 0 Å². The van der Waals surface area contributed by atoms with Crippen LogP contribution < -0.4 is 5.32 Å². The van der Waals surface area contributed by atoms with Gasteiger partial charge in [0, 0.05) is 12.1 Å². The Hall–Kier alpha value is -1.75. The molecule has 0 bridgehead atoms. The van der Waals surface area contributed by atoms with Crippen LogP contribution in [0.25, 0.3) is 10.6 Å². The second-order valence-corrected chi connectivity index (χ2v) is 5.55. The molecule has 20 heavy (non-hydrogen) atoms. The normalized spacial score (nSPS) is 10.6. The molecule has 1 aromatic heterocycles. The van der Waals surface area contributed by atoms with E-state index in [0.717, 1.165) is 23.4 Å². The number of halogens is 1. The van der Waals surface area contributed by atoms with Gasteiger partial charge in [-0.2, -0.15) is 0 Å². The SMILES string of the molecule is CCCCNC(=O)c1sc(-c2ccc(F)cc2)nc1C. The van der Waals surface area contributed by atoms with Gasteiger partial charge in [0.05, 0.1) is 5.69 Å². The third-order valence-electron chi connectivity index (χ3n) is 2.91. The summed E-state index contributed by atoms with van der Waals surface area (Å²) >= 11 is 1.34. The number of amides is 1. The number of carbonyl (C=O) groups is 1. The van der Waals surface area contributed by atoms with Crippen LogP contribution in [0.15, 0.2) is 24.3 Å². The molecule has 1 amide bonds. The second-order valence-electron chi connectivity index (χ2n) is 4.55. The van der Waals surface area contributed by atoms with Gasteiger partial charge in [0.25, 0.3) is 5.91 Å². The highest BCUT2D eigenvalue weighted by atomic mass is 32.1. The fraction of sp³-hybridized carbons (Fsp3) is 0.333. The van der Waals surface area contributed by atoms with Crippen molar-refractivity contribution in [2.24, 2.45) is 0 Å². The minimum Gasteiger partial charge on any atom is -0.351 e. The van der Waals surface area contributed by atoms with E-state index in [1.807, 2.05) is 6.92 Å². The second kappa shape index (κ2) is 6.61. The number of thiazole rings is 1. The molecule has 106 valence electrons. The van der Waals surface area contributed by atoms with Crippen molar-refractivity contribution in [1.82, 2.24) is 10.3 Å². The summed E-state index contributed by atoms with van der Waals surface area (Å²) in [7, 11) is 0. The molecule has 0 aliphatic rings. The summed E-state index contributed by atoms with van der Waals surface area (Å²) in [5.41, 5.74) is 1.54. The predicted molar refractivity (Wildman–Crippen MR) is 79.5 cm³/mol. The first kappa shape index (κ1) is 14.7. The van der Waals surface area contributed by atoms with Crippen molar-refractivity contribution in [1.29, 1.82) is 0 Å². The molecular formula is C15H17FN2OS. The van der Waals surface area contributed by atoms with Crippen LogP contribution >= 0.6 is 11.3 Å². The molecule has 2 aromatic rings. The zero-order valence-electron chi connectivity index (χ0n) is 11.6. The molecule has 3 nitrogen and oxygen atoms in total. The zero-order chi connectivity index (χ0) is 14.5. The molecule has 0 unspecified atom stereocenters. The molecule has 1 N–H and O–H groups in total. The van der Waals surface area contributed by atoms with Crippen molar-refractivity contribution in [3.8, 4) is 10.6 Å². The van der Waals surface area contributed by atoms with Crippen LogP contribution in [0, 0.1) is 12.7 Å². The number of nitrogens with one attached hydrogen (secondary N) is 1. The van der Waals surface area contributed by atoms with Gasteiger partial charge in [0.2, 0.25) is 0 Å². The first-order valence-electron chi connectivity index (χ1n) is 6.63. The largest absolute Gasteiger partial charge is 0.351 e. The molecule has 1 heterocycles. The summed E-state index contributed by atoms with van der Waals surface area (Å²) in [5.74, 6) is -0.360.